The Morgan fingerprint density at radius 2 is 1.88 bits per heavy atom. The molecular weight excluding hydrogens is 218 g/mol. The van der Waals surface area contributed by atoms with Gasteiger partial charge in [0, 0.05) is 13.7 Å². The van der Waals surface area contributed by atoms with Gasteiger partial charge in [0.1, 0.15) is 0 Å². The van der Waals surface area contributed by atoms with E-state index in [4.69, 9.17) is 9.47 Å². The van der Waals surface area contributed by atoms with Crippen molar-refractivity contribution in [1.82, 2.24) is 5.32 Å². The minimum atomic E-state index is -0.340. The molecule has 0 aliphatic carbocycles. The number of rotatable bonds is 10. The first-order valence-corrected chi connectivity index (χ1v) is 6.38. The van der Waals surface area contributed by atoms with Gasteiger partial charge < -0.3 is 19.9 Å². The van der Waals surface area contributed by atoms with Gasteiger partial charge in [-0.05, 0) is 40.2 Å². The summed E-state index contributed by atoms with van der Waals surface area (Å²) in [6.07, 6.45) is 1.89. The van der Waals surface area contributed by atoms with E-state index in [2.05, 4.69) is 12.2 Å². The van der Waals surface area contributed by atoms with E-state index in [1.807, 2.05) is 20.8 Å². The van der Waals surface area contributed by atoms with Gasteiger partial charge in [-0.15, -0.1) is 0 Å². The summed E-state index contributed by atoms with van der Waals surface area (Å²) in [5.41, 5.74) is -0.486. The number of aliphatic hydroxyl groups is 1. The molecule has 104 valence electrons. The molecule has 17 heavy (non-hydrogen) atoms. The zero-order valence-corrected chi connectivity index (χ0v) is 12.0. The van der Waals surface area contributed by atoms with Gasteiger partial charge in [-0.2, -0.15) is 0 Å². The topological polar surface area (TPSA) is 50.7 Å². The van der Waals surface area contributed by atoms with Gasteiger partial charge in [-0.25, -0.2) is 0 Å². The second-order valence-electron chi connectivity index (χ2n) is 5.41. The molecule has 0 heterocycles. The second kappa shape index (κ2) is 8.03. The SMILES string of the molecule is CCCNC(C)(CO)COCCC(C)(C)OC. The maximum absolute atomic E-state index is 9.35. The smallest absolute Gasteiger partial charge is 0.0668 e. The molecule has 0 bridgehead atoms. The highest BCUT2D eigenvalue weighted by Crippen LogP contribution is 2.13. The maximum Gasteiger partial charge on any atom is 0.0668 e. The molecule has 4 nitrogen and oxygen atoms in total. The molecule has 4 heteroatoms. The summed E-state index contributed by atoms with van der Waals surface area (Å²) in [6.45, 7) is 10.3. The normalized spacial score (nSPS) is 15.9. The zero-order chi connectivity index (χ0) is 13.4. The van der Waals surface area contributed by atoms with Crippen molar-refractivity contribution in [1.29, 1.82) is 0 Å². The van der Waals surface area contributed by atoms with Gasteiger partial charge in [-0.1, -0.05) is 6.92 Å². The molecule has 0 saturated carbocycles. The molecule has 1 atom stereocenters. The first-order chi connectivity index (χ1) is 7.89. The van der Waals surface area contributed by atoms with Gasteiger partial charge in [0.25, 0.3) is 0 Å². The molecule has 0 aliphatic rings. The van der Waals surface area contributed by atoms with Crippen molar-refractivity contribution < 1.29 is 14.6 Å². The number of methoxy groups -OCH3 is 1. The first kappa shape index (κ1) is 16.8. The predicted octanol–water partition coefficient (Wildman–Crippen LogP) is 1.57. The molecule has 0 aromatic rings. The average molecular weight is 247 g/mol. The molecule has 0 aromatic carbocycles. The Bertz CT molecular complexity index is 197. The summed E-state index contributed by atoms with van der Waals surface area (Å²) in [5, 5.41) is 12.7. The molecule has 2 N–H and O–H groups in total. The van der Waals surface area contributed by atoms with E-state index in [1.165, 1.54) is 0 Å². The van der Waals surface area contributed by atoms with Crippen LogP contribution in [0.3, 0.4) is 0 Å². The van der Waals surface area contributed by atoms with E-state index >= 15 is 0 Å². The van der Waals surface area contributed by atoms with Crippen molar-refractivity contribution in [2.45, 2.75) is 51.7 Å². The fourth-order valence-corrected chi connectivity index (χ4v) is 1.30. The molecule has 0 aromatic heterocycles. The van der Waals surface area contributed by atoms with Crippen LogP contribution >= 0.6 is 0 Å². The van der Waals surface area contributed by atoms with Gasteiger partial charge in [0.05, 0.1) is 24.4 Å². The van der Waals surface area contributed by atoms with Gasteiger partial charge in [-0.3, -0.25) is 0 Å². The van der Waals surface area contributed by atoms with Crippen LogP contribution in [0, 0.1) is 0 Å². The van der Waals surface area contributed by atoms with Crippen molar-refractivity contribution >= 4 is 0 Å². The summed E-state index contributed by atoms with van der Waals surface area (Å²) < 4.78 is 10.9. The standard InChI is InChI=1S/C13H29NO3/c1-6-8-14-13(4,10-15)11-17-9-7-12(2,3)16-5/h14-15H,6-11H2,1-5H3. The lowest BCUT2D eigenvalue weighted by molar-refractivity contribution is -0.0224. The number of hydrogen-bond donors (Lipinski definition) is 2. The van der Waals surface area contributed by atoms with Crippen LogP contribution < -0.4 is 5.32 Å². The van der Waals surface area contributed by atoms with Crippen molar-refractivity contribution in [2.75, 3.05) is 33.5 Å². The van der Waals surface area contributed by atoms with Gasteiger partial charge >= 0.3 is 0 Å². The van der Waals surface area contributed by atoms with Crippen molar-refractivity contribution in [3.05, 3.63) is 0 Å². The predicted molar refractivity (Wildman–Crippen MR) is 70.3 cm³/mol. The van der Waals surface area contributed by atoms with Crippen molar-refractivity contribution in [3.8, 4) is 0 Å². The van der Waals surface area contributed by atoms with E-state index in [0.717, 1.165) is 19.4 Å². The number of ether oxygens (including phenoxy) is 2. The van der Waals surface area contributed by atoms with Crippen LogP contribution in [0.15, 0.2) is 0 Å². The lowest BCUT2D eigenvalue weighted by atomic mass is 10.0. The number of nitrogens with one attached hydrogen (secondary N) is 1. The average Bonchev–Trinajstić information content (AvgIpc) is 2.32. The molecule has 1 unspecified atom stereocenters. The summed E-state index contributed by atoms with van der Waals surface area (Å²) in [6, 6.07) is 0. The van der Waals surface area contributed by atoms with E-state index in [1.54, 1.807) is 7.11 Å². The highest BCUT2D eigenvalue weighted by molar-refractivity contribution is 4.81. The Morgan fingerprint density at radius 1 is 1.24 bits per heavy atom. The molecular formula is C13H29NO3. The maximum atomic E-state index is 9.35. The van der Waals surface area contributed by atoms with Crippen molar-refractivity contribution in [2.24, 2.45) is 0 Å². The summed E-state index contributed by atoms with van der Waals surface area (Å²) >= 11 is 0. The molecule has 0 spiro atoms. The summed E-state index contributed by atoms with van der Waals surface area (Å²) in [4.78, 5) is 0. The molecule has 0 amide bonds. The minimum Gasteiger partial charge on any atom is -0.394 e. The molecule has 0 rings (SSSR count). The summed E-state index contributed by atoms with van der Waals surface area (Å²) in [7, 11) is 1.71. The van der Waals surface area contributed by atoms with Gasteiger partial charge in [0.15, 0.2) is 0 Å². The van der Waals surface area contributed by atoms with Crippen LogP contribution in [0.4, 0.5) is 0 Å². The van der Waals surface area contributed by atoms with Crippen LogP contribution in [-0.2, 0) is 9.47 Å². The van der Waals surface area contributed by atoms with Gasteiger partial charge in [0.2, 0.25) is 0 Å². The second-order valence-corrected chi connectivity index (χ2v) is 5.41. The number of aliphatic hydroxyl groups excluding tert-OH is 1. The van der Waals surface area contributed by atoms with Crippen LogP contribution in [0.1, 0.15) is 40.5 Å². The Labute approximate surface area is 106 Å². The largest absolute Gasteiger partial charge is 0.394 e. The Morgan fingerprint density at radius 3 is 2.35 bits per heavy atom. The van der Waals surface area contributed by atoms with Crippen molar-refractivity contribution in [3.63, 3.8) is 0 Å². The van der Waals surface area contributed by atoms with E-state index in [-0.39, 0.29) is 17.7 Å². The lowest BCUT2D eigenvalue weighted by Crippen LogP contribution is -2.50. The zero-order valence-electron chi connectivity index (χ0n) is 12.0. The van der Waals surface area contributed by atoms with Crippen LogP contribution in [0.25, 0.3) is 0 Å². The molecule has 0 aliphatic heterocycles. The van der Waals surface area contributed by atoms with E-state index in [9.17, 15) is 5.11 Å². The fourth-order valence-electron chi connectivity index (χ4n) is 1.30. The monoisotopic (exact) mass is 247 g/mol. The third-order valence-electron chi connectivity index (χ3n) is 2.97. The Kier molecular flexibility index (Phi) is 7.96. The van der Waals surface area contributed by atoms with Crippen LogP contribution in [0.5, 0.6) is 0 Å². The van der Waals surface area contributed by atoms with Crippen LogP contribution in [0.2, 0.25) is 0 Å². The Balaban J connectivity index is 3.83. The van der Waals surface area contributed by atoms with E-state index < -0.39 is 0 Å². The van der Waals surface area contributed by atoms with E-state index in [0.29, 0.717) is 13.2 Å². The van der Waals surface area contributed by atoms with Crippen LogP contribution in [-0.4, -0.2) is 49.7 Å². The minimum absolute atomic E-state index is 0.0840. The fraction of sp³-hybridized carbons (Fsp3) is 1.00. The third kappa shape index (κ3) is 7.71. The quantitative estimate of drug-likeness (QED) is 0.575. The molecule has 0 saturated heterocycles. The Hall–Kier alpha value is -0.160. The first-order valence-electron chi connectivity index (χ1n) is 6.38. The summed E-state index contributed by atoms with van der Waals surface area (Å²) in [5.74, 6) is 0. The molecule has 0 radical (unpaired) electrons. The highest BCUT2D eigenvalue weighted by Gasteiger charge is 2.23. The highest BCUT2D eigenvalue weighted by atomic mass is 16.5. The lowest BCUT2D eigenvalue weighted by Gasteiger charge is -2.29. The third-order valence-corrected chi connectivity index (χ3v) is 2.97. The molecule has 0 fully saturated rings. The number of hydrogen-bond acceptors (Lipinski definition) is 4.